The maximum atomic E-state index is 13.1. The summed E-state index contributed by atoms with van der Waals surface area (Å²) in [4.78, 5) is 3.57. The normalized spacial score (nSPS) is 19.6. The highest BCUT2D eigenvalue weighted by Crippen LogP contribution is 2.40. The van der Waals surface area contributed by atoms with Gasteiger partial charge in [-0.3, -0.25) is 4.98 Å². The fourth-order valence-corrected chi connectivity index (χ4v) is 1.51. The van der Waals surface area contributed by atoms with Gasteiger partial charge in [-0.2, -0.15) is 0 Å². The van der Waals surface area contributed by atoms with Crippen molar-refractivity contribution in [1.82, 2.24) is 4.98 Å². The van der Waals surface area contributed by atoms with Gasteiger partial charge in [0.25, 0.3) is 0 Å². The maximum Gasteiger partial charge on any atom is 0.150 e. The molecule has 4 heteroatoms. The molecule has 0 spiro atoms. The number of halogens is 2. The topological polar surface area (TPSA) is 33.1 Å². The molecule has 1 N–H and O–H groups in total. The van der Waals surface area contributed by atoms with Gasteiger partial charge in [-0.15, -0.1) is 0 Å². The second-order valence-corrected chi connectivity index (χ2v) is 3.37. The van der Waals surface area contributed by atoms with E-state index < -0.39 is 17.2 Å². The van der Waals surface area contributed by atoms with Crippen molar-refractivity contribution in [2.24, 2.45) is 0 Å². The molecule has 0 amide bonds. The molecule has 1 saturated carbocycles. The Morgan fingerprint density at radius 2 is 2.08 bits per heavy atom. The van der Waals surface area contributed by atoms with Crippen molar-refractivity contribution in [2.45, 2.75) is 24.9 Å². The fourth-order valence-electron chi connectivity index (χ4n) is 1.51. The molecule has 1 fully saturated rings. The van der Waals surface area contributed by atoms with E-state index in [1.165, 1.54) is 0 Å². The number of pyridine rings is 1. The molecule has 0 aliphatic heterocycles. The lowest BCUT2D eigenvalue weighted by atomic mass is 9.77. The van der Waals surface area contributed by atoms with Crippen LogP contribution in [0.5, 0.6) is 0 Å². The van der Waals surface area contributed by atoms with Crippen molar-refractivity contribution in [3.63, 3.8) is 0 Å². The molecule has 2 nitrogen and oxygen atoms in total. The van der Waals surface area contributed by atoms with Crippen LogP contribution >= 0.6 is 0 Å². The van der Waals surface area contributed by atoms with E-state index in [4.69, 9.17) is 0 Å². The monoisotopic (exact) mass is 185 g/mol. The second-order valence-electron chi connectivity index (χ2n) is 3.37. The molecular formula is C9H9F2NO. The Labute approximate surface area is 74.2 Å². The molecule has 0 atom stereocenters. The van der Waals surface area contributed by atoms with E-state index in [0.29, 0.717) is 12.8 Å². The largest absolute Gasteiger partial charge is 0.383 e. The van der Waals surface area contributed by atoms with Crippen LogP contribution in [0.3, 0.4) is 0 Å². The third-order valence-corrected chi connectivity index (χ3v) is 2.43. The van der Waals surface area contributed by atoms with E-state index in [1.807, 2.05) is 0 Å². The van der Waals surface area contributed by atoms with Gasteiger partial charge in [0.2, 0.25) is 0 Å². The predicted molar refractivity (Wildman–Crippen MR) is 41.9 cm³/mol. The number of nitrogens with zero attached hydrogens (tertiary/aromatic N) is 1. The first kappa shape index (κ1) is 8.56. The minimum absolute atomic E-state index is 0.0276. The van der Waals surface area contributed by atoms with Crippen LogP contribution in [0.1, 0.15) is 25.0 Å². The number of aliphatic hydroxyl groups is 1. The van der Waals surface area contributed by atoms with Gasteiger partial charge in [-0.1, -0.05) is 0 Å². The summed E-state index contributed by atoms with van der Waals surface area (Å²) in [5.74, 6) is -1.48. The van der Waals surface area contributed by atoms with Crippen LogP contribution in [0, 0.1) is 11.6 Å². The van der Waals surface area contributed by atoms with E-state index >= 15 is 0 Å². The highest BCUT2D eigenvalue weighted by molar-refractivity contribution is 5.18. The average Bonchev–Trinajstić information content (AvgIpc) is 2.00. The summed E-state index contributed by atoms with van der Waals surface area (Å²) >= 11 is 0. The van der Waals surface area contributed by atoms with E-state index in [-0.39, 0.29) is 5.69 Å². The Balaban J connectivity index is 2.40. The molecule has 70 valence electrons. The van der Waals surface area contributed by atoms with Gasteiger partial charge in [0.1, 0.15) is 17.1 Å². The SMILES string of the molecule is OC1(c2ncc(F)cc2F)CCC1. The van der Waals surface area contributed by atoms with Crippen LogP contribution in [-0.4, -0.2) is 10.1 Å². The molecule has 0 bridgehead atoms. The summed E-state index contributed by atoms with van der Waals surface area (Å²) in [6, 6.07) is 0.749. The van der Waals surface area contributed by atoms with Crippen molar-refractivity contribution in [2.75, 3.05) is 0 Å². The zero-order valence-corrected chi connectivity index (χ0v) is 6.93. The molecular weight excluding hydrogens is 176 g/mol. The summed E-state index contributed by atoms with van der Waals surface area (Å²) in [5, 5.41) is 9.73. The van der Waals surface area contributed by atoms with E-state index in [2.05, 4.69) is 4.98 Å². The Morgan fingerprint density at radius 3 is 2.54 bits per heavy atom. The van der Waals surface area contributed by atoms with Crippen LogP contribution in [0.25, 0.3) is 0 Å². The Hall–Kier alpha value is -1.03. The van der Waals surface area contributed by atoms with Crippen molar-refractivity contribution in [3.05, 3.63) is 29.6 Å². The summed E-state index contributed by atoms with van der Waals surface area (Å²) in [6.45, 7) is 0. The molecule has 1 heterocycles. The van der Waals surface area contributed by atoms with Crippen LogP contribution < -0.4 is 0 Å². The maximum absolute atomic E-state index is 13.1. The minimum atomic E-state index is -1.15. The molecule has 1 aromatic rings. The number of hydrogen-bond acceptors (Lipinski definition) is 2. The van der Waals surface area contributed by atoms with Crippen molar-refractivity contribution < 1.29 is 13.9 Å². The van der Waals surface area contributed by atoms with Gasteiger partial charge in [-0.25, -0.2) is 8.78 Å². The van der Waals surface area contributed by atoms with Gasteiger partial charge in [-0.05, 0) is 19.3 Å². The molecule has 1 aliphatic carbocycles. The van der Waals surface area contributed by atoms with Gasteiger partial charge in [0, 0.05) is 6.07 Å². The minimum Gasteiger partial charge on any atom is -0.383 e. The summed E-state index contributed by atoms with van der Waals surface area (Å²) in [7, 11) is 0. The van der Waals surface area contributed by atoms with Crippen LogP contribution in [-0.2, 0) is 5.60 Å². The second kappa shape index (κ2) is 2.73. The smallest absolute Gasteiger partial charge is 0.150 e. The van der Waals surface area contributed by atoms with Gasteiger partial charge < -0.3 is 5.11 Å². The zero-order valence-electron chi connectivity index (χ0n) is 6.93. The summed E-state index contributed by atoms with van der Waals surface area (Å²) < 4.78 is 25.6. The Kier molecular flexibility index (Phi) is 1.80. The van der Waals surface area contributed by atoms with Crippen molar-refractivity contribution in [1.29, 1.82) is 0 Å². The van der Waals surface area contributed by atoms with Crippen LogP contribution in [0.4, 0.5) is 8.78 Å². The van der Waals surface area contributed by atoms with Crippen molar-refractivity contribution >= 4 is 0 Å². The molecule has 0 aromatic carbocycles. The van der Waals surface area contributed by atoms with Gasteiger partial charge in [0.05, 0.1) is 6.20 Å². The van der Waals surface area contributed by atoms with E-state index in [9.17, 15) is 13.9 Å². The average molecular weight is 185 g/mol. The predicted octanol–water partition coefficient (Wildman–Crippen LogP) is 1.73. The van der Waals surface area contributed by atoms with Crippen LogP contribution in [0.2, 0.25) is 0 Å². The molecule has 1 aliphatic rings. The van der Waals surface area contributed by atoms with Gasteiger partial charge in [0.15, 0.2) is 5.82 Å². The molecule has 2 rings (SSSR count). The van der Waals surface area contributed by atoms with E-state index in [0.717, 1.165) is 18.7 Å². The molecule has 0 unspecified atom stereocenters. The quantitative estimate of drug-likeness (QED) is 0.722. The number of hydrogen-bond donors (Lipinski definition) is 1. The first-order chi connectivity index (χ1) is 6.12. The fraction of sp³-hybridized carbons (Fsp3) is 0.444. The Bertz CT molecular complexity index is 336. The van der Waals surface area contributed by atoms with E-state index in [1.54, 1.807) is 0 Å². The highest BCUT2D eigenvalue weighted by Gasteiger charge is 2.39. The summed E-state index contributed by atoms with van der Waals surface area (Å²) in [5.41, 5.74) is -1.18. The van der Waals surface area contributed by atoms with Gasteiger partial charge >= 0.3 is 0 Å². The first-order valence-corrected chi connectivity index (χ1v) is 4.16. The summed E-state index contributed by atoms with van der Waals surface area (Å²) in [6.07, 6.45) is 2.79. The molecule has 0 saturated heterocycles. The Morgan fingerprint density at radius 1 is 1.38 bits per heavy atom. The lowest BCUT2D eigenvalue weighted by molar-refractivity contribution is -0.0458. The van der Waals surface area contributed by atoms with Crippen LogP contribution in [0.15, 0.2) is 12.3 Å². The molecule has 13 heavy (non-hydrogen) atoms. The molecule has 1 aromatic heterocycles. The third kappa shape index (κ3) is 1.31. The lowest BCUT2D eigenvalue weighted by Gasteiger charge is -2.35. The van der Waals surface area contributed by atoms with Crippen molar-refractivity contribution in [3.8, 4) is 0 Å². The molecule has 0 radical (unpaired) electrons. The first-order valence-electron chi connectivity index (χ1n) is 4.16. The highest BCUT2D eigenvalue weighted by atomic mass is 19.1. The number of aromatic nitrogens is 1. The third-order valence-electron chi connectivity index (χ3n) is 2.43. The lowest BCUT2D eigenvalue weighted by Crippen LogP contribution is -2.35. The zero-order chi connectivity index (χ0) is 9.47. The number of rotatable bonds is 1. The standard InChI is InChI=1S/C9H9F2NO/c10-6-4-7(11)8(12-5-6)9(13)2-1-3-9/h4-5,13H,1-3H2.